The average molecular weight is 224 g/mol. The zero-order chi connectivity index (χ0) is 11.7. The highest BCUT2D eigenvalue weighted by atomic mass is 15.1. The number of rotatable bonds is 2. The SMILES string of the molecule is NCc1nccn1-c1ccc2ccccc2n1. The Morgan fingerprint density at radius 3 is 2.88 bits per heavy atom. The van der Waals surface area contributed by atoms with E-state index < -0.39 is 0 Å². The van der Waals surface area contributed by atoms with E-state index in [2.05, 4.69) is 16.0 Å². The number of aromatic nitrogens is 3. The lowest BCUT2D eigenvalue weighted by molar-refractivity contribution is 0.852. The first-order valence-corrected chi connectivity index (χ1v) is 5.47. The van der Waals surface area contributed by atoms with Gasteiger partial charge in [-0.05, 0) is 18.2 Å². The molecular formula is C13H12N4. The molecule has 4 nitrogen and oxygen atoms in total. The van der Waals surface area contributed by atoms with Crippen molar-refractivity contribution in [2.75, 3.05) is 0 Å². The van der Waals surface area contributed by atoms with Crippen molar-refractivity contribution in [2.24, 2.45) is 5.73 Å². The molecule has 0 bridgehead atoms. The highest BCUT2D eigenvalue weighted by molar-refractivity contribution is 5.79. The fraction of sp³-hybridized carbons (Fsp3) is 0.0769. The van der Waals surface area contributed by atoms with Crippen LogP contribution in [0.2, 0.25) is 0 Å². The van der Waals surface area contributed by atoms with Gasteiger partial charge in [0.25, 0.3) is 0 Å². The summed E-state index contributed by atoms with van der Waals surface area (Å²) in [6.45, 7) is 0.404. The van der Waals surface area contributed by atoms with Crippen LogP contribution in [0.1, 0.15) is 5.82 Å². The summed E-state index contributed by atoms with van der Waals surface area (Å²) in [5.74, 6) is 1.66. The van der Waals surface area contributed by atoms with Crippen molar-refractivity contribution in [1.82, 2.24) is 14.5 Å². The smallest absolute Gasteiger partial charge is 0.138 e. The molecule has 17 heavy (non-hydrogen) atoms. The first kappa shape index (κ1) is 9.99. The largest absolute Gasteiger partial charge is 0.324 e. The van der Waals surface area contributed by atoms with Gasteiger partial charge in [-0.25, -0.2) is 9.97 Å². The van der Waals surface area contributed by atoms with Gasteiger partial charge in [0.1, 0.15) is 11.6 Å². The molecule has 2 aromatic heterocycles. The number of nitrogens with zero attached hydrogens (tertiary/aromatic N) is 3. The van der Waals surface area contributed by atoms with E-state index in [0.717, 1.165) is 22.5 Å². The van der Waals surface area contributed by atoms with Gasteiger partial charge in [0, 0.05) is 17.8 Å². The van der Waals surface area contributed by atoms with Crippen LogP contribution in [-0.2, 0) is 6.54 Å². The molecule has 1 aromatic carbocycles. The van der Waals surface area contributed by atoms with Crippen LogP contribution < -0.4 is 5.73 Å². The number of imidazole rings is 1. The van der Waals surface area contributed by atoms with Gasteiger partial charge >= 0.3 is 0 Å². The quantitative estimate of drug-likeness (QED) is 0.723. The third kappa shape index (κ3) is 1.68. The third-order valence-corrected chi connectivity index (χ3v) is 2.73. The lowest BCUT2D eigenvalue weighted by atomic mass is 10.2. The normalized spacial score (nSPS) is 10.9. The second-order valence-electron chi connectivity index (χ2n) is 3.78. The van der Waals surface area contributed by atoms with Gasteiger partial charge in [0.05, 0.1) is 12.1 Å². The van der Waals surface area contributed by atoms with Crippen LogP contribution in [0.15, 0.2) is 48.8 Å². The maximum atomic E-state index is 5.63. The predicted octanol–water partition coefficient (Wildman–Crippen LogP) is 1.88. The van der Waals surface area contributed by atoms with Crippen molar-refractivity contribution in [3.63, 3.8) is 0 Å². The molecule has 0 amide bonds. The molecule has 0 aliphatic carbocycles. The van der Waals surface area contributed by atoms with Crippen molar-refractivity contribution in [3.8, 4) is 5.82 Å². The maximum absolute atomic E-state index is 5.63. The van der Waals surface area contributed by atoms with Gasteiger partial charge < -0.3 is 5.73 Å². The van der Waals surface area contributed by atoms with Gasteiger partial charge in [0.15, 0.2) is 0 Å². The van der Waals surface area contributed by atoms with Gasteiger partial charge in [-0.1, -0.05) is 18.2 Å². The Kier molecular flexibility index (Phi) is 2.34. The van der Waals surface area contributed by atoms with Crippen LogP contribution in [0.4, 0.5) is 0 Å². The van der Waals surface area contributed by atoms with Crippen LogP contribution in [-0.4, -0.2) is 14.5 Å². The van der Waals surface area contributed by atoms with E-state index in [-0.39, 0.29) is 0 Å². The minimum atomic E-state index is 0.404. The summed E-state index contributed by atoms with van der Waals surface area (Å²) in [4.78, 5) is 8.78. The first-order valence-electron chi connectivity index (χ1n) is 5.47. The number of para-hydroxylation sites is 1. The predicted molar refractivity (Wildman–Crippen MR) is 66.8 cm³/mol. The summed E-state index contributed by atoms with van der Waals surface area (Å²) in [5, 5.41) is 1.13. The number of nitrogens with two attached hydrogens (primary N) is 1. The van der Waals surface area contributed by atoms with Crippen LogP contribution >= 0.6 is 0 Å². The fourth-order valence-electron chi connectivity index (χ4n) is 1.88. The molecule has 0 saturated heterocycles. The Bertz CT molecular complexity index is 657. The van der Waals surface area contributed by atoms with Crippen molar-refractivity contribution in [3.05, 3.63) is 54.6 Å². The van der Waals surface area contributed by atoms with Crippen LogP contribution in [0.25, 0.3) is 16.7 Å². The number of pyridine rings is 1. The Morgan fingerprint density at radius 1 is 1.12 bits per heavy atom. The number of hydrogen-bond acceptors (Lipinski definition) is 3. The van der Waals surface area contributed by atoms with Gasteiger partial charge in [0.2, 0.25) is 0 Å². The van der Waals surface area contributed by atoms with Crippen molar-refractivity contribution in [2.45, 2.75) is 6.54 Å². The molecule has 0 radical (unpaired) electrons. The van der Waals surface area contributed by atoms with Crippen LogP contribution in [0.5, 0.6) is 0 Å². The van der Waals surface area contributed by atoms with E-state index in [9.17, 15) is 0 Å². The standard InChI is InChI=1S/C13H12N4/c14-9-13-15-7-8-17(13)12-6-5-10-3-1-2-4-11(10)16-12/h1-8H,9,14H2. The molecular weight excluding hydrogens is 212 g/mol. The van der Waals surface area contributed by atoms with Crippen molar-refractivity contribution >= 4 is 10.9 Å². The van der Waals surface area contributed by atoms with Crippen LogP contribution in [0, 0.1) is 0 Å². The maximum Gasteiger partial charge on any atom is 0.138 e. The summed E-state index contributed by atoms with van der Waals surface area (Å²) in [6, 6.07) is 12.1. The summed E-state index contributed by atoms with van der Waals surface area (Å²) in [5.41, 5.74) is 6.61. The van der Waals surface area contributed by atoms with Crippen molar-refractivity contribution in [1.29, 1.82) is 0 Å². The van der Waals surface area contributed by atoms with Gasteiger partial charge in [-0.2, -0.15) is 0 Å². The molecule has 0 unspecified atom stereocenters. The summed E-state index contributed by atoms with van der Waals surface area (Å²) in [6.07, 6.45) is 3.61. The molecule has 4 heteroatoms. The lowest BCUT2D eigenvalue weighted by Gasteiger charge is -2.06. The molecule has 3 rings (SSSR count). The molecule has 0 saturated carbocycles. The molecule has 84 valence electrons. The number of hydrogen-bond donors (Lipinski definition) is 1. The highest BCUT2D eigenvalue weighted by Gasteiger charge is 2.04. The lowest BCUT2D eigenvalue weighted by Crippen LogP contribution is -2.07. The Balaban J connectivity index is 2.18. The molecule has 0 spiro atoms. The van der Waals surface area contributed by atoms with E-state index in [4.69, 9.17) is 5.73 Å². The monoisotopic (exact) mass is 224 g/mol. The molecule has 0 atom stereocenters. The van der Waals surface area contributed by atoms with E-state index in [1.54, 1.807) is 6.20 Å². The third-order valence-electron chi connectivity index (χ3n) is 2.73. The van der Waals surface area contributed by atoms with E-state index in [0.29, 0.717) is 6.54 Å². The zero-order valence-corrected chi connectivity index (χ0v) is 9.24. The molecule has 0 aliphatic rings. The first-order chi connectivity index (χ1) is 8.38. The molecule has 3 aromatic rings. The molecule has 2 N–H and O–H groups in total. The molecule has 0 aliphatic heterocycles. The number of fused-ring (bicyclic) bond motifs is 1. The summed E-state index contributed by atoms with van der Waals surface area (Å²) in [7, 11) is 0. The van der Waals surface area contributed by atoms with Gasteiger partial charge in [-0.3, -0.25) is 4.57 Å². The summed E-state index contributed by atoms with van der Waals surface area (Å²) >= 11 is 0. The van der Waals surface area contributed by atoms with Crippen LogP contribution in [0.3, 0.4) is 0 Å². The second kappa shape index (κ2) is 3.99. The Hall–Kier alpha value is -2.20. The minimum Gasteiger partial charge on any atom is -0.324 e. The van der Waals surface area contributed by atoms with Gasteiger partial charge in [-0.15, -0.1) is 0 Å². The van der Waals surface area contributed by atoms with E-state index >= 15 is 0 Å². The van der Waals surface area contributed by atoms with E-state index in [1.807, 2.05) is 41.1 Å². The second-order valence-corrected chi connectivity index (χ2v) is 3.78. The highest BCUT2D eigenvalue weighted by Crippen LogP contribution is 2.15. The topological polar surface area (TPSA) is 56.7 Å². The zero-order valence-electron chi connectivity index (χ0n) is 9.24. The number of benzene rings is 1. The molecule has 2 heterocycles. The van der Waals surface area contributed by atoms with Crippen molar-refractivity contribution < 1.29 is 0 Å². The molecule has 0 fully saturated rings. The average Bonchev–Trinajstić information content (AvgIpc) is 2.86. The van der Waals surface area contributed by atoms with E-state index in [1.165, 1.54) is 0 Å². The minimum absolute atomic E-state index is 0.404. The Labute approximate surface area is 98.7 Å². The fourth-order valence-corrected chi connectivity index (χ4v) is 1.88. The Morgan fingerprint density at radius 2 is 2.00 bits per heavy atom. The summed E-state index contributed by atoms with van der Waals surface area (Å²) < 4.78 is 1.91.